The first-order valence-corrected chi connectivity index (χ1v) is 14.5. The van der Waals surface area contributed by atoms with Crippen LogP contribution >= 0.6 is 0 Å². The Kier molecular flexibility index (Phi) is 10.6. The summed E-state index contributed by atoms with van der Waals surface area (Å²) >= 11 is 0. The molecule has 1 heterocycles. The monoisotopic (exact) mass is 530 g/mol. The van der Waals surface area contributed by atoms with E-state index in [1.807, 2.05) is 54.6 Å². The van der Waals surface area contributed by atoms with Gasteiger partial charge in [0, 0.05) is 6.42 Å². The molecule has 0 spiro atoms. The van der Waals surface area contributed by atoms with E-state index in [1.165, 1.54) is 12.8 Å². The van der Waals surface area contributed by atoms with Crippen molar-refractivity contribution in [1.29, 1.82) is 0 Å². The standard InChI is InChI=1S/C34H42O5/c1-26-12-11-19-30(20-26)38-33-21-31(36-23-28-15-7-3-8-16-28)34(37-24-29-17-9-4-10-18-29)32(39-33)25-35-22-27-13-5-2-6-14-27/h2-10,13-18,26,30-34H,11-12,19-25H2,1H3. The molecule has 1 saturated heterocycles. The normalized spacial score (nSPS) is 27.3. The summed E-state index contributed by atoms with van der Waals surface area (Å²) in [5.41, 5.74) is 3.40. The summed E-state index contributed by atoms with van der Waals surface area (Å²) in [6.45, 7) is 4.24. The van der Waals surface area contributed by atoms with Crippen molar-refractivity contribution in [2.75, 3.05) is 6.61 Å². The van der Waals surface area contributed by atoms with E-state index in [0.717, 1.165) is 29.5 Å². The largest absolute Gasteiger partial charge is 0.374 e. The average Bonchev–Trinajstić information content (AvgIpc) is 2.97. The molecule has 2 aliphatic rings. The molecular weight excluding hydrogens is 488 g/mol. The molecule has 2 fully saturated rings. The quantitative estimate of drug-likeness (QED) is 0.250. The van der Waals surface area contributed by atoms with Gasteiger partial charge >= 0.3 is 0 Å². The Labute approximate surface area is 233 Å². The second kappa shape index (κ2) is 14.7. The molecule has 6 atom stereocenters. The number of rotatable bonds is 12. The lowest BCUT2D eigenvalue weighted by Gasteiger charge is -2.42. The summed E-state index contributed by atoms with van der Waals surface area (Å²) in [5, 5.41) is 0. The minimum atomic E-state index is -0.344. The summed E-state index contributed by atoms with van der Waals surface area (Å²) in [5.74, 6) is 0.685. The van der Waals surface area contributed by atoms with Crippen LogP contribution in [0.25, 0.3) is 0 Å². The van der Waals surface area contributed by atoms with Crippen molar-refractivity contribution in [2.24, 2.45) is 5.92 Å². The second-order valence-corrected chi connectivity index (χ2v) is 11.0. The average molecular weight is 531 g/mol. The Morgan fingerprint density at radius 3 is 1.90 bits per heavy atom. The van der Waals surface area contributed by atoms with E-state index in [9.17, 15) is 0 Å². The fraction of sp³-hybridized carbons (Fsp3) is 0.471. The molecule has 5 heteroatoms. The highest BCUT2D eigenvalue weighted by molar-refractivity contribution is 5.15. The van der Waals surface area contributed by atoms with E-state index in [-0.39, 0.29) is 30.7 Å². The van der Waals surface area contributed by atoms with Crippen molar-refractivity contribution >= 4 is 0 Å². The Morgan fingerprint density at radius 1 is 0.692 bits per heavy atom. The van der Waals surface area contributed by atoms with Crippen LogP contribution in [0.3, 0.4) is 0 Å². The minimum absolute atomic E-state index is 0.181. The zero-order valence-corrected chi connectivity index (χ0v) is 23.0. The van der Waals surface area contributed by atoms with Gasteiger partial charge in [-0.15, -0.1) is 0 Å². The lowest BCUT2D eigenvalue weighted by Crippen LogP contribution is -2.53. The topological polar surface area (TPSA) is 46.2 Å². The predicted octanol–water partition coefficient (Wildman–Crippen LogP) is 7.08. The maximum Gasteiger partial charge on any atom is 0.161 e. The molecule has 6 unspecified atom stereocenters. The van der Waals surface area contributed by atoms with E-state index in [2.05, 4.69) is 43.3 Å². The molecule has 5 rings (SSSR count). The first-order chi connectivity index (χ1) is 19.2. The lowest BCUT2D eigenvalue weighted by atomic mass is 9.88. The highest BCUT2D eigenvalue weighted by Gasteiger charge is 2.42. The van der Waals surface area contributed by atoms with Crippen molar-refractivity contribution in [3.05, 3.63) is 108 Å². The minimum Gasteiger partial charge on any atom is -0.374 e. The van der Waals surface area contributed by atoms with Gasteiger partial charge in [-0.25, -0.2) is 0 Å². The Balaban J connectivity index is 1.31. The highest BCUT2D eigenvalue weighted by Crippen LogP contribution is 2.32. The Hall–Kier alpha value is -2.54. The van der Waals surface area contributed by atoms with E-state index in [0.29, 0.717) is 38.8 Å². The van der Waals surface area contributed by atoms with Gasteiger partial charge in [-0.05, 0) is 35.4 Å². The first-order valence-electron chi connectivity index (χ1n) is 14.5. The zero-order chi connectivity index (χ0) is 26.7. The zero-order valence-electron chi connectivity index (χ0n) is 23.0. The molecule has 0 amide bonds. The van der Waals surface area contributed by atoms with Crippen LogP contribution in [0.4, 0.5) is 0 Å². The molecule has 0 radical (unpaired) electrons. The fourth-order valence-corrected chi connectivity index (χ4v) is 5.62. The van der Waals surface area contributed by atoms with Gasteiger partial charge in [0.1, 0.15) is 12.2 Å². The molecule has 1 aliphatic heterocycles. The molecule has 5 nitrogen and oxygen atoms in total. The molecular formula is C34H42O5. The maximum absolute atomic E-state index is 6.59. The van der Waals surface area contributed by atoms with Gasteiger partial charge in [0.05, 0.1) is 38.6 Å². The smallest absolute Gasteiger partial charge is 0.161 e. The van der Waals surface area contributed by atoms with E-state index >= 15 is 0 Å². The molecule has 3 aromatic rings. The summed E-state index contributed by atoms with van der Waals surface area (Å²) in [6, 6.07) is 30.8. The highest BCUT2D eigenvalue weighted by atomic mass is 16.7. The van der Waals surface area contributed by atoms with E-state index in [1.54, 1.807) is 0 Å². The summed E-state index contributed by atoms with van der Waals surface area (Å²) in [4.78, 5) is 0. The Bertz CT molecular complexity index is 1080. The van der Waals surface area contributed by atoms with Gasteiger partial charge in [0.25, 0.3) is 0 Å². The number of hydrogen-bond donors (Lipinski definition) is 0. The molecule has 208 valence electrons. The molecule has 1 saturated carbocycles. The first kappa shape index (κ1) is 28.0. The van der Waals surface area contributed by atoms with Crippen LogP contribution in [0.1, 0.15) is 55.7 Å². The van der Waals surface area contributed by atoms with Crippen molar-refractivity contribution in [3.63, 3.8) is 0 Å². The molecule has 0 N–H and O–H groups in total. The van der Waals surface area contributed by atoms with Crippen LogP contribution < -0.4 is 0 Å². The molecule has 0 bridgehead atoms. The number of ether oxygens (including phenoxy) is 5. The van der Waals surface area contributed by atoms with Gasteiger partial charge in [-0.2, -0.15) is 0 Å². The second-order valence-electron chi connectivity index (χ2n) is 11.0. The van der Waals surface area contributed by atoms with Gasteiger partial charge < -0.3 is 23.7 Å². The fourth-order valence-electron chi connectivity index (χ4n) is 5.62. The van der Waals surface area contributed by atoms with Gasteiger partial charge in [0.2, 0.25) is 0 Å². The summed E-state index contributed by atoms with van der Waals surface area (Å²) in [7, 11) is 0. The van der Waals surface area contributed by atoms with E-state index < -0.39 is 0 Å². The Morgan fingerprint density at radius 2 is 1.28 bits per heavy atom. The molecule has 1 aliphatic carbocycles. The number of hydrogen-bond acceptors (Lipinski definition) is 5. The van der Waals surface area contributed by atoms with Crippen LogP contribution in [0.5, 0.6) is 0 Å². The van der Waals surface area contributed by atoms with Crippen LogP contribution in [-0.4, -0.2) is 37.3 Å². The SMILES string of the molecule is CC1CCCC(OC2CC(OCc3ccccc3)C(OCc3ccccc3)C(COCc3ccccc3)O2)C1. The third-order valence-corrected chi connectivity index (χ3v) is 7.70. The van der Waals surface area contributed by atoms with Crippen LogP contribution in [0.2, 0.25) is 0 Å². The maximum atomic E-state index is 6.59. The molecule has 39 heavy (non-hydrogen) atoms. The van der Waals surface area contributed by atoms with Crippen molar-refractivity contribution in [3.8, 4) is 0 Å². The van der Waals surface area contributed by atoms with Gasteiger partial charge in [-0.3, -0.25) is 0 Å². The van der Waals surface area contributed by atoms with E-state index in [4.69, 9.17) is 23.7 Å². The summed E-state index contributed by atoms with van der Waals surface area (Å²) in [6.07, 6.45) is 4.39. The van der Waals surface area contributed by atoms with Crippen LogP contribution in [-0.2, 0) is 43.5 Å². The van der Waals surface area contributed by atoms with Gasteiger partial charge in [-0.1, -0.05) is 111 Å². The van der Waals surface area contributed by atoms with Crippen LogP contribution in [0, 0.1) is 5.92 Å². The third kappa shape index (κ3) is 8.72. The molecule has 0 aromatic heterocycles. The van der Waals surface area contributed by atoms with Crippen molar-refractivity contribution in [1.82, 2.24) is 0 Å². The van der Waals surface area contributed by atoms with Crippen LogP contribution in [0.15, 0.2) is 91.0 Å². The van der Waals surface area contributed by atoms with Gasteiger partial charge in [0.15, 0.2) is 6.29 Å². The summed E-state index contributed by atoms with van der Waals surface area (Å²) < 4.78 is 32.5. The van der Waals surface area contributed by atoms with Crippen molar-refractivity contribution in [2.45, 2.75) is 89.6 Å². The van der Waals surface area contributed by atoms with Crippen molar-refractivity contribution < 1.29 is 23.7 Å². The lowest BCUT2D eigenvalue weighted by molar-refractivity contribution is -0.290. The molecule has 3 aromatic carbocycles. The predicted molar refractivity (Wildman–Crippen MR) is 152 cm³/mol. The third-order valence-electron chi connectivity index (χ3n) is 7.70. The number of benzene rings is 3.